The number of carbonyl (C=O) groups excluding carboxylic acids is 1. The topological polar surface area (TPSA) is 69.7 Å². The number of cyclic esters (lactones) is 1. The van der Waals surface area contributed by atoms with Gasteiger partial charge in [0.05, 0.1) is 11.0 Å². The van der Waals surface area contributed by atoms with E-state index >= 15 is 0 Å². The molecule has 1 heterocycles. The summed E-state index contributed by atoms with van der Waals surface area (Å²) in [5, 5.41) is 0. The first kappa shape index (κ1) is 16.5. The summed E-state index contributed by atoms with van der Waals surface area (Å²) in [6, 6.07) is 6.58. The monoisotopic (exact) mass is 324 g/mol. The Morgan fingerprint density at radius 1 is 1.23 bits per heavy atom. The van der Waals surface area contributed by atoms with Gasteiger partial charge in [0.15, 0.2) is 9.84 Å². The number of benzene rings is 1. The zero-order valence-electron chi connectivity index (χ0n) is 13.0. The third-order valence-corrected chi connectivity index (χ3v) is 4.77. The van der Waals surface area contributed by atoms with Crippen LogP contribution in [0.2, 0.25) is 0 Å². The van der Waals surface area contributed by atoms with Crippen molar-refractivity contribution in [2.24, 2.45) is 0 Å². The van der Waals surface area contributed by atoms with Crippen LogP contribution in [0.25, 0.3) is 5.57 Å². The highest BCUT2D eigenvalue weighted by atomic mass is 32.2. The van der Waals surface area contributed by atoms with Gasteiger partial charge in [-0.2, -0.15) is 0 Å². The van der Waals surface area contributed by atoms with Crippen molar-refractivity contribution in [3.05, 3.63) is 35.6 Å². The third-order valence-electron chi connectivity index (χ3n) is 3.61. The molecule has 0 saturated carbocycles. The Bertz CT molecular complexity index is 699. The lowest BCUT2D eigenvalue weighted by molar-refractivity contribution is -0.140. The second-order valence-corrected chi connectivity index (χ2v) is 7.19. The second-order valence-electron chi connectivity index (χ2n) is 5.21. The molecule has 0 spiro atoms. The molecule has 120 valence electrons. The average Bonchev–Trinajstić information content (AvgIpc) is 2.84. The number of rotatable bonds is 6. The van der Waals surface area contributed by atoms with Crippen molar-refractivity contribution in [2.45, 2.75) is 37.7 Å². The largest absolute Gasteiger partial charge is 0.483 e. The lowest BCUT2D eigenvalue weighted by Gasteiger charge is -2.16. The summed E-state index contributed by atoms with van der Waals surface area (Å²) in [7, 11) is -3.41. The van der Waals surface area contributed by atoms with Crippen LogP contribution in [0.15, 0.2) is 34.9 Å². The van der Waals surface area contributed by atoms with Gasteiger partial charge >= 0.3 is 5.97 Å². The van der Waals surface area contributed by atoms with Crippen molar-refractivity contribution < 1.29 is 22.7 Å². The molecule has 0 atom stereocenters. The van der Waals surface area contributed by atoms with E-state index in [1.807, 2.05) is 13.8 Å². The molecule has 0 saturated heterocycles. The Balaban J connectivity index is 2.54. The number of esters is 1. The van der Waals surface area contributed by atoms with E-state index in [0.717, 1.165) is 19.1 Å². The maximum absolute atomic E-state index is 11.9. The van der Waals surface area contributed by atoms with Gasteiger partial charge in [-0.05, 0) is 18.9 Å². The Labute approximate surface area is 130 Å². The number of ether oxygens (including phenoxy) is 2. The van der Waals surface area contributed by atoms with E-state index in [4.69, 9.17) is 9.47 Å². The molecule has 0 aromatic heterocycles. The molecule has 1 aromatic carbocycles. The van der Waals surface area contributed by atoms with Crippen molar-refractivity contribution in [1.82, 2.24) is 0 Å². The highest BCUT2D eigenvalue weighted by Crippen LogP contribution is 2.32. The van der Waals surface area contributed by atoms with Gasteiger partial charge in [-0.15, -0.1) is 0 Å². The fraction of sp³-hybridized carbons (Fsp3) is 0.438. The number of sulfone groups is 1. The Morgan fingerprint density at radius 2 is 1.86 bits per heavy atom. The van der Waals surface area contributed by atoms with Crippen molar-refractivity contribution >= 4 is 21.4 Å². The molecule has 1 aliphatic heterocycles. The molecular formula is C16H20O5S. The van der Waals surface area contributed by atoms with Crippen LogP contribution in [0.1, 0.15) is 32.3 Å². The van der Waals surface area contributed by atoms with Crippen LogP contribution >= 0.6 is 0 Å². The molecule has 0 fully saturated rings. The first-order chi connectivity index (χ1) is 10.4. The normalized spacial score (nSPS) is 15.4. The van der Waals surface area contributed by atoms with Crippen molar-refractivity contribution in [3.8, 4) is 0 Å². The summed E-state index contributed by atoms with van der Waals surface area (Å²) in [6.07, 6.45) is 2.56. The number of carbonyl (C=O) groups is 1. The predicted octanol–water partition coefficient (Wildman–Crippen LogP) is 2.56. The lowest BCUT2D eigenvalue weighted by atomic mass is 10.1. The zero-order valence-corrected chi connectivity index (χ0v) is 13.8. The second kappa shape index (κ2) is 6.52. The van der Waals surface area contributed by atoms with Gasteiger partial charge in [0.1, 0.15) is 6.61 Å². The van der Waals surface area contributed by atoms with E-state index in [0.29, 0.717) is 11.1 Å². The molecule has 0 radical (unpaired) electrons. The molecule has 1 aromatic rings. The minimum absolute atomic E-state index is 0.0286. The highest BCUT2D eigenvalue weighted by molar-refractivity contribution is 7.90. The molecule has 0 N–H and O–H groups in total. The van der Waals surface area contributed by atoms with Crippen LogP contribution in [0, 0.1) is 0 Å². The standard InChI is InChI=1S/C16H20O5S/c1-4-11(5-2)21-15-13(10-20-16(15)17)12-8-6-7-9-14(12)22(3,18)19/h6-9,11H,4-5,10H2,1-3H3. The molecule has 22 heavy (non-hydrogen) atoms. The molecule has 6 heteroatoms. The van der Waals surface area contributed by atoms with Gasteiger partial charge in [-0.25, -0.2) is 13.2 Å². The summed E-state index contributed by atoms with van der Waals surface area (Å²) in [4.78, 5) is 12.1. The zero-order chi connectivity index (χ0) is 16.3. The first-order valence-corrected chi connectivity index (χ1v) is 9.14. The van der Waals surface area contributed by atoms with E-state index in [-0.39, 0.29) is 23.4 Å². The van der Waals surface area contributed by atoms with Crippen LogP contribution in [0.3, 0.4) is 0 Å². The minimum atomic E-state index is -3.41. The summed E-state index contributed by atoms with van der Waals surface area (Å²) < 4.78 is 34.7. The maximum atomic E-state index is 11.9. The number of hydrogen-bond donors (Lipinski definition) is 0. The van der Waals surface area contributed by atoms with E-state index in [9.17, 15) is 13.2 Å². The molecule has 0 amide bonds. The number of hydrogen-bond acceptors (Lipinski definition) is 5. The van der Waals surface area contributed by atoms with Gasteiger partial charge < -0.3 is 9.47 Å². The molecule has 0 unspecified atom stereocenters. The van der Waals surface area contributed by atoms with Crippen molar-refractivity contribution in [3.63, 3.8) is 0 Å². The molecule has 1 aliphatic rings. The van der Waals surface area contributed by atoms with Crippen molar-refractivity contribution in [2.75, 3.05) is 12.9 Å². The smallest absolute Gasteiger partial charge is 0.374 e. The van der Waals surface area contributed by atoms with Gasteiger partial charge in [-0.1, -0.05) is 32.0 Å². The molecule has 0 bridgehead atoms. The van der Waals surface area contributed by atoms with Gasteiger partial charge in [0.2, 0.25) is 5.76 Å². The van der Waals surface area contributed by atoms with E-state index < -0.39 is 15.8 Å². The van der Waals surface area contributed by atoms with Crippen LogP contribution in [0.5, 0.6) is 0 Å². The lowest BCUT2D eigenvalue weighted by Crippen LogP contribution is -2.14. The van der Waals surface area contributed by atoms with Crippen LogP contribution in [-0.4, -0.2) is 33.4 Å². The van der Waals surface area contributed by atoms with Gasteiger partial charge in [0.25, 0.3) is 0 Å². The molecule has 5 nitrogen and oxygen atoms in total. The third kappa shape index (κ3) is 3.32. The summed E-state index contributed by atoms with van der Waals surface area (Å²) in [5.41, 5.74) is 0.967. The molecule has 2 rings (SSSR count). The van der Waals surface area contributed by atoms with Gasteiger partial charge in [-0.3, -0.25) is 0 Å². The van der Waals surface area contributed by atoms with E-state index in [1.54, 1.807) is 18.2 Å². The first-order valence-electron chi connectivity index (χ1n) is 7.24. The molecular weight excluding hydrogens is 304 g/mol. The van der Waals surface area contributed by atoms with E-state index in [2.05, 4.69) is 0 Å². The minimum Gasteiger partial charge on any atom is -0.483 e. The predicted molar refractivity (Wildman–Crippen MR) is 82.9 cm³/mol. The fourth-order valence-corrected chi connectivity index (χ4v) is 3.29. The van der Waals surface area contributed by atoms with E-state index in [1.165, 1.54) is 6.07 Å². The van der Waals surface area contributed by atoms with Crippen molar-refractivity contribution in [1.29, 1.82) is 0 Å². The van der Waals surface area contributed by atoms with Crippen LogP contribution < -0.4 is 0 Å². The average molecular weight is 324 g/mol. The Morgan fingerprint density at radius 3 is 2.45 bits per heavy atom. The SMILES string of the molecule is CCC(CC)OC1=C(c2ccccc2S(C)(=O)=O)COC1=O. The Kier molecular flexibility index (Phi) is 4.90. The summed E-state index contributed by atoms with van der Waals surface area (Å²) in [5.74, 6) is -0.407. The maximum Gasteiger partial charge on any atom is 0.374 e. The quantitative estimate of drug-likeness (QED) is 0.752. The Hall–Kier alpha value is -1.82. The fourth-order valence-electron chi connectivity index (χ4n) is 2.37. The summed E-state index contributed by atoms with van der Waals surface area (Å²) in [6.45, 7) is 3.97. The van der Waals surface area contributed by atoms with Gasteiger partial charge in [0, 0.05) is 17.4 Å². The van der Waals surface area contributed by atoms with Crippen LogP contribution in [0.4, 0.5) is 0 Å². The van der Waals surface area contributed by atoms with Crippen LogP contribution in [-0.2, 0) is 24.1 Å². The molecule has 0 aliphatic carbocycles. The summed E-state index contributed by atoms with van der Waals surface area (Å²) >= 11 is 0. The highest BCUT2D eigenvalue weighted by Gasteiger charge is 2.31.